The minimum atomic E-state index is -3.79. The number of halogens is 2. The van der Waals surface area contributed by atoms with Crippen LogP contribution in [0, 0.1) is 23.7 Å². The molecule has 0 amide bonds. The second-order valence-electron chi connectivity index (χ2n) is 6.42. The maximum absolute atomic E-state index is 14.4. The molecular formula is C14H20F2O3. The summed E-state index contributed by atoms with van der Waals surface area (Å²) < 4.78 is 33.3. The Morgan fingerprint density at radius 3 is 2.11 bits per heavy atom. The third kappa shape index (κ3) is 1.66. The Morgan fingerprint density at radius 1 is 1.21 bits per heavy atom. The SMILES string of the molecule is CCOC(=O)C(F)(F)C1(O)C2CC3CC(C2)CC1C3. The van der Waals surface area contributed by atoms with Gasteiger partial charge >= 0.3 is 11.9 Å². The van der Waals surface area contributed by atoms with Crippen LogP contribution >= 0.6 is 0 Å². The summed E-state index contributed by atoms with van der Waals surface area (Å²) in [5, 5.41) is 10.7. The lowest BCUT2D eigenvalue weighted by molar-refractivity contribution is -0.280. The van der Waals surface area contributed by atoms with E-state index in [1.54, 1.807) is 0 Å². The molecule has 19 heavy (non-hydrogen) atoms. The minimum absolute atomic E-state index is 0.0922. The molecule has 4 rings (SSSR count). The van der Waals surface area contributed by atoms with E-state index in [9.17, 15) is 18.7 Å². The fourth-order valence-corrected chi connectivity index (χ4v) is 4.80. The number of aliphatic hydroxyl groups is 1. The van der Waals surface area contributed by atoms with Gasteiger partial charge in [0.1, 0.15) is 5.60 Å². The third-order valence-corrected chi connectivity index (χ3v) is 5.42. The second-order valence-corrected chi connectivity index (χ2v) is 6.42. The number of rotatable bonds is 3. The van der Waals surface area contributed by atoms with Crippen LogP contribution in [0.1, 0.15) is 39.0 Å². The quantitative estimate of drug-likeness (QED) is 0.804. The zero-order chi connectivity index (χ0) is 13.8. The lowest BCUT2D eigenvalue weighted by Crippen LogP contribution is -2.68. The fraction of sp³-hybridized carbons (Fsp3) is 0.929. The van der Waals surface area contributed by atoms with Gasteiger partial charge in [0, 0.05) is 0 Å². The Kier molecular flexibility index (Phi) is 2.89. The standard InChI is InChI=1S/C14H20F2O3/c1-2-19-12(17)14(15,16)13(18)10-4-8-3-9(6-10)7-11(13)5-8/h8-11,18H,2-7H2,1H3. The molecule has 0 radical (unpaired) electrons. The van der Waals surface area contributed by atoms with Gasteiger partial charge in [0.05, 0.1) is 6.61 Å². The smallest absolute Gasteiger partial charge is 0.380 e. The normalized spacial score (nSPS) is 44.4. The molecule has 4 fully saturated rings. The van der Waals surface area contributed by atoms with Crippen molar-refractivity contribution in [1.82, 2.24) is 0 Å². The first-order valence-electron chi connectivity index (χ1n) is 7.17. The molecule has 0 aliphatic heterocycles. The molecule has 108 valence electrons. The largest absolute Gasteiger partial charge is 0.461 e. The van der Waals surface area contributed by atoms with E-state index in [-0.39, 0.29) is 6.61 Å². The molecular weight excluding hydrogens is 254 g/mol. The van der Waals surface area contributed by atoms with Crippen molar-refractivity contribution in [2.24, 2.45) is 23.7 Å². The summed E-state index contributed by atoms with van der Waals surface area (Å²) in [7, 11) is 0. The van der Waals surface area contributed by atoms with E-state index < -0.39 is 29.3 Å². The van der Waals surface area contributed by atoms with Crippen molar-refractivity contribution < 1.29 is 23.4 Å². The van der Waals surface area contributed by atoms with Crippen LogP contribution in [-0.4, -0.2) is 29.2 Å². The van der Waals surface area contributed by atoms with Gasteiger partial charge in [0.25, 0.3) is 0 Å². The van der Waals surface area contributed by atoms with E-state index in [1.165, 1.54) is 6.92 Å². The molecule has 4 saturated carbocycles. The molecule has 0 atom stereocenters. The van der Waals surface area contributed by atoms with Crippen molar-refractivity contribution >= 4 is 5.97 Å². The van der Waals surface area contributed by atoms with Crippen molar-refractivity contribution in [3.8, 4) is 0 Å². The van der Waals surface area contributed by atoms with Crippen molar-refractivity contribution in [2.45, 2.75) is 50.6 Å². The van der Waals surface area contributed by atoms with Crippen molar-refractivity contribution in [3.63, 3.8) is 0 Å². The summed E-state index contributed by atoms with van der Waals surface area (Å²) in [5.74, 6) is -5.34. The first-order valence-corrected chi connectivity index (χ1v) is 7.17. The van der Waals surface area contributed by atoms with Crippen LogP contribution in [0.15, 0.2) is 0 Å². The van der Waals surface area contributed by atoms with Crippen LogP contribution in [-0.2, 0) is 9.53 Å². The highest BCUT2D eigenvalue weighted by Gasteiger charge is 2.71. The van der Waals surface area contributed by atoms with Crippen LogP contribution in [0.4, 0.5) is 8.78 Å². The first-order chi connectivity index (χ1) is 8.89. The monoisotopic (exact) mass is 274 g/mol. The maximum Gasteiger partial charge on any atom is 0.380 e. The molecule has 0 unspecified atom stereocenters. The lowest BCUT2D eigenvalue weighted by Gasteiger charge is -2.59. The molecule has 5 heteroatoms. The van der Waals surface area contributed by atoms with Gasteiger partial charge in [-0.1, -0.05) is 0 Å². The zero-order valence-corrected chi connectivity index (χ0v) is 11.1. The Balaban J connectivity index is 1.92. The Bertz CT molecular complexity index is 366. The summed E-state index contributed by atoms with van der Waals surface area (Å²) in [6.45, 7) is 1.40. The fourth-order valence-electron chi connectivity index (χ4n) is 4.80. The van der Waals surface area contributed by atoms with Crippen LogP contribution in [0.2, 0.25) is 0 Å². The van der Waals surface area contributed by atoms with Crippen LogP contribution in [0.25, 0.3) is 0 Å². The molecule has 3 nitrogen and oxygen atoms in total. The second kappa shape index (κ2) is 4.14. The maximum atomic E-state index is 14.4. The predicted octanol–water partition coefficient (Wildman–Crippen LogP) is 2.37. The highest BCUT2D eigenvalue weighted by molar-refractivity contribution is 5.79. The minimum Gasteiger partial charge on any atom is -0.461 e. The van der Waals surface area contributed by atoms with Crippen LogP contribution < -0.4 is 0 Å². The number of esters is 1. The lowest BCUT2D eigenvalue weighted by atomic mass is 9.48. The van der Waals surface area contributed by atoms with Gasteiger partial charge < -0.3 is 9.84 Å². The average Bonchev–Trinajstić information content (AvgIpc) is 2.34. The van der Waals surface area contributed by atoms with Crippen molar-refractivity contribution in [2.75, 3.05) is 6.61 Å². The summed E-state index contributed by atoms with van der Waals surface area (Å²) in [4.78, 5) is 11.6. The third-order valence-electron chi connectivity index (χ3n) is 5.42. The number of ether oxygens (including phenoxy) is 1. The molecule has 0 aromatic rings. The number of hydrogen-bond acceptors (Lipinski definition) is 3. The summed E-state index contributed by atoms with van der Waals surface area (Å²) in [6, 6.07) is 0. The van der Waals surface area contributed by atoms with E-state index in [1.807, 2.05) is 0 Å². The predicted molar refractivity (Wildman–Crippen MR) is 63.6 cm³/mol. The van der Waals surface area contributed by atoms with Gasteiger partial charge in [-0.3, -0.25) is 0 Å². The first kappa shape index (κ1) is 13.3. The molecule has 0 heterocycles. The summed E-state index contributed by atoms with van der Waals surface area (Å²) >= 11 is 0. The highest BCUT2D eigenvalue weighted by Crippen LogP contribution is 2.62. The zero-order valence-electron chi connectivity index (χ0n) is 11.1. The number of alkyl halides is 2. The van der Waals surface area contributed by atoms with Gasteiger partial charge in [-0.25, -0.2) is 4.79 Å². The van der Waals surface area contributed by atoms with Gasteiger partial charge in [-0.05, 0) is 62.7 Å². The Hall–Kier alpha value is -0.710. The summed E-state index contributed by atoms with van der Waals surface area (Å²) in [5.41, 5.74) is -2.19. The molecule has 0 aromatic carbocycles. The van der Waals surface area contributed by atoms with E-state index >= 15 is 0 Å². The molecule has 0 saturated heterocycles. The Labute approximate surface area is 111 Å². The van der Waals surface area contributed by atoms with Gasteiger partial charge in [-0.2, -0.15) is 8.78 Å². The number of carbonyl (C=O) groups is 1. The van der Waals surface area contributed by atoms with E-state index in [0.29, 0.717) is 37.5 Å². The molecule has 1 N–H and O–H groups in total. The van der Waals surface area contributed by atoms with E-state index in [4.69, 9.17) is 0 Å². The van der Waals surface area contributed by atoms with Crippen molar-refractivity contribution in [1.29, 1.82) is 0 Å². The summed E-state index contributed by atoms with van der Waals surface area (Å²) in [6.07, 6.45) is 3.60. The van der Waals surface area contributed by atoms with Gasteiger partial charge in [0.2, 0.25) is 0 Å². The average molecular weight is 274 g/mol. The molecule has 4 aliphatic rings. The van der Waals surface area contributed by atoms with Gasteiger partial charge in [0.15, 0.2) is 0 Å². The molecule has 0 aromatic heterocycles. The molecule has 4 bridgehead atoms. The molecule has 0 spiro atoms. The van der Waals surface area contributed by atoms with Crippen LogP contribution in [0.3, 0.4) is 0 Å². The number of hydrogen-bond donors (Lipinski definition) is 1. The highest BCUT2D eigenvalue weighted by atomic mass is 19.3. The topological polar surface area (TPSA) is 46.5 Å². The van der Waals surface area contributed by atoms with E-state index in [2.05, 4.69) is 4.74 Å². The Morgan fingerprint density at radius 2 is 1.68 bits per heavy atom. The van der Waals surface area contributed by atoms with E-state index in [0.717, 1.165) is 6.42 Å². The van der Waals surface area contributed by atoms with Gasteiger partial charge in [-0.15, -0.1) is 0 Å². The van der Waals surface area contributed by atoms with Crippen molar-refractivity contribution in [3.05, 3.63) is 0 Å². The number of carbonyl (C=O) groups excluding carboxylic acids is 1. The molecule has 4 aliphatic carbocycles. The van der Waals surface area contributed by atoms with Crippen LogP contribution in [0.5, 0.6) is 0 Å².